The largest absolute Gasteiger partial charge is 0.497 e. The summed E-state index contributed by atoms with van der Waals surface area (Å²) >= 11 is 0. The summed E-state index contributed by atoms with van der Waals surface area (Å²) in [5.74, 6) is 0.518. The number of nitrogens with one attached hydrogen (secondary N) is 2. The summed E-state index contributed by atoms with van der Waals surface area (Å²) in [4.78, 5) is 27.1. The molecule has 1 fully saturated rings. The van der Waals surface area contributed by atoms with Crippen molar-refractivity contribution < 1.29 is 14.3 Å². The zero-order valence-electron chi connectivity index (χ0n) is 15.9. The first-order valence-corrected chi connectivity index (χ1v) is 9.08. The first-order chi connectivity index (χ1) is 13.0. The lowest BCUT2D eigenvalue weighted by Gasteiger charge is -2.25. The van der Waals surface area contributed by atoms with Gasteiger partial charge < -0.3 is 20.3 Å². The molecule has 3 amide bonds. The van der Waals surface area contributed by atoms with Crippen LogP contribution in [0, 0.1) is 13.8 Å². The van der Waals surface area contributed by atoms with Crippen molar-refractivity contribution in [1.29, 1.82) is 0 Å². The third-order valence-corrected chi connectivity index (χ3v) is 4.87. The smallest absolute Gasteiger partial charge is 0.322 e. The number of hydrogen-bond acceptors (Lipinski definition) is 3. The molecule has 142 valence electrons. The van der Waals surface area contributed by atoms with Crippen LogP contribution in [-0.2, 0) is 4.79 Å². The van der Waals surface area contributed by atoms with E-state index in [4.69, 9.17) is 4.74 Å². The second kappa shape index (κ2) is 8.12. The minimum Gasteiger partial charge on any atom is -0.497 e. The lowest BCUT2D eigenvalue weighted by atomic mass is 10.1. The zero-order chi connectivity index (χ0) is 19.4. The lowest BCUT2D eigenvalue weighted by Crippen LogP contribution is -2.45. The number of carbonyl (C=O) groups excluding carboxylic acids is 2. The first-order valence-electron chi connectivity index (χ1n) is 9.08. The quantitative estimate of drug-likeness (QED) is 0.860. The number of carbonyl (C=O) groups is 2. The molecule has 1 unspecified atom stereocenters. The van der Waals surface area contributed by atoms with Gasteiger partial charge in [-0.1, -0.05) is 24.3 Å². The van der Waals surface area contributed by atoms with E-state index in [-0.39, 0.29) is 11.9 Å². The fourth-order valence-electron chi connectivity index (χ4n) is 3.40. The predicted molar refractivity (Wildman–Crippen MR) is 106 cm³/mol. The topological polar surface area (TPSA) is 70.7 Å². The number of likely N-dealkylation sites (tertiary alicyclic amines) is 1. The van der Waals surface area contributed by atoms with E-state index >= 15 is 0 Å². The van der Waals surface area contributed by atoms with Crippen LogP contribution in [0.15, 0.2) is 42.5 Å². The van der Waals surface area contributed by atoms with Gasteiger partial charge >= 0.3 is 6.03 Å². The molecular weight excluding hydrogens is 342 g/mol. The average Bonchev–Trinajstić information content (AvgIpc) is 3.15. The Morgan fingerprint density at radius 3 is 2.48 bits per heavy atom. The van der Waals surface area contributed by atoms with E-state index in [1.807, 2.05) is 44.2 Å². The Kier molecular flexibility index (Phi) is 5.64. The van der Waals surface area contributed by atoms with Crippen LogP contribution in [0.4, 0.5) is 16.2 Å². The molecule has 1 aliphatic rings. The molecule has 1 aliphatic heterocycles. The van der Waals surface area contributed by atoms with Crippen LogP contribution in [0.3, 0.4) is 0 Å². The van der Waals surface area contributed by atoms with Gasteiger partial charge in [0, 0.05) is 24.0 Å². The van der Waals surface area contributed by atoms with Gasteiger partial charge in [-0.05, 0) is 49.9 Å². The molecule has 1 saturated heterocycles. The number of amides is 3. The number of benzene rings is 2. The molecule has 2 N–H and O–H groups in total. The van der Waals surface area contributed by atoms with Crippen molar-refractivity contribution in [2.75, 3.05) is 24.3 Å². The Hall–Kier alpha value is -3.02. The summed E-state index contributed by atoms with van der Waals surface area (Å²) in [7, 11) is 1.58. The number of nitrogens with zero attached hydrogens (tertiary/aromatic N) is 1. The van der Waals surface area contributed by atoms with Gasteiger partial charge in [0.05, 0.1) is 7.11 Å². The van der Waals surface area contributed by atoms with Gasteiger partial charge in [-0.25, -0.2) is 4.79 Å². The van der Waals surface area contributed by atoms with Gasteiger partial charge in [-0.15, -0.1) is 0 Å². The first kappa shape index (κ1) is 18.8. The Morgan fingerprint density at radius 2 is 1.78 bits per heavy atom. The second-order valence-electron chi connectivity index (χ2n) is 6.77. The predicted octanol–water partition coefficient (Wildman–Crippen LogP) is 3.95. The number of rotatable bonds is 4. The Morgan fingerprint density at radius 1 is 1.07 bits per heavy atom. The molecule has 0 aromatic heterocycles. The number of anilines is 2. The van der Waals surface area contributed by atoms with E-state index in [2.05, 4.69) is 10.6 Å². The highest BCUT2D eigenvalue weighted by Crippen LogP contribution is 2.24. The maximum atomic E-state index is 12.8. The molecular formula is C21H25N3O3. The fraction of sp³-hybridized carbons (Fsp3) is 0.333. The Balaban J connectivity index is 1.70. The minimum absolute atomic E-state index is 0.148. The van der Waals surface area contributed by atoms with Crippen LogP contribution in [0.1, 0.15) is 24.0 Å². The van der Waals surface area contributed by atoms with E-state index in [9.17, 15) is 9.59 Å². The van der Waals surface area contributed by atoms with Crippen molar-refractivity contribution in [1.82, 2.24) is 4.90 Å². The van der Waals surface area contributed by atoms with Crippen LogP contribution in [0.25, 0.3) is 0 Å². The number of hydrogen-bond donors (Lipinski definition) is 2. The summed E-state index contributed by atoms with van der Waals surface area (Å²) in [5.41, 5.74) is 3.48. The highest BCUT2D eigenvalue weighted by molar-refractivity contribution is 6.00. The third kappa shape index (κ3) is 4.22. The van der Waals surface area contributed by atoms with E-state index in [1.165, 1.54) is 0 Å². The summed E-state index contributed by atoms with van der Waals surface area (Å²) < 4.78 is 5.18. The second-order valence-corrected chi connectivity index (χ2v) is 6.77. The van der Waals surface area contributed by atoms with E-state index < -0.39 is 6.04 Å². The SMILES string of the molecule is COc1cccc(NC(=O)N2CCCC2C(=O)Nc2c(C)cccc2C)c1. The highest BCUT2D eigenvalue weighted by atomic mass is 16.5. The molecule has 6 nitrogen and oxygen atoms in total. The van der Waals surface area contributed by atoms with E-state index in [0.717, 1.165) is 23.2 Å². The van der Waals surface area contributed by atoms with Crippen molar-refractivity contribution in [2.45, 2.75) is 32.7 Å². The summed E-state index contributed by atoms with van der Waals surface area (Å²) in [5, 5.41) is 5.86. The van der Waals surface area contributed by atoms with Gasteiger partial charge in [-0.3, -0.25) is 4.79 Å². The lowest BCUT2D eigenvalue weighted by molar-refractivity contribution is -0.119. The molecule has 0 radical (unpaired) electrons. The molecule has 0 bridgehead atoms. The molecule has 3 rings (SSSR count). The van der Waals surface area contributed by atoms with Gasteiger partial charge in [0.2, 0.25) is 5.91 Å². The van der Waals surface area contributed by atoms with Crippen LogP contribution < -0.4 is 15.4 Å². The molecule has 0 spiro atoms. The van der Waals surface area contributed by atoms with Crippen LogP contribution in [-0.4, -0.2) is 36.5 Å². The van der Waals surface area contributed by atoms with Gasteiger partial charge in [0.15, 0.2) is 0 Å². The number of para-hydroxylation sites is 1. The fourth-order valence-corrected chi connectivity index (χ4v) is 3.40. The average molecular weight is 367 g/mol. The molecule has 0 aliphatic carbocycles. The van der Waals surface area contributed by atoms with Crippen molar-refractivity contribution in [3.8, 4) is 5.75 Å². The highest BCUT2D eigenvalue weighted by Gasteiger charge is 2.34. The van der Waals surface area contributed by atoms with Crippen molar-refractivity contribution in [3.63, 3.8) is 0 Å². The van der Waals surface area contributed by atoms with Crippen molar-refractivity contribution in [2.24, 2.45) is 0 Å². The standard InChI is InChI=1S/C21H25N3O3/c1-14-7-4-8-15(2)19(14)23-20(25)18-11-6-12-24(18)21(26)22-16-9-5-10-17(13-16)27-3/h4-5,7-10,13,18H,6,11-12H2,1-3H3,(H,22,26)(H,23,25). The number of methoxy groups -OCH3 is 1. The number of urea groups is 1. The molecule has 2 aromatic rings. The summed E-state index contributed by atoms with van der Waals surface area (Å²) in [6.45, 7) is 4.48. The Bertz CT molecular complexity index is 830. The van der Waals surface area contributed by atoms with Crippen LogP contribution in [0.2, 0.25) is 0 Å². The molecule has 27 heavy (non-hydrogen) atoms. The minimum atomic E-state index is -0.477. The summed E-state index contributed by atoms with van der Waals surface area (Å²) in [6.07, 6.45) is 1.46. The molecule has 0 saturated carbocycles. The number of aryl methyl sites for hydroxylation is 2. The maximum absolute atomic E-state index is 12.8. The maximum Gasteiger partial charge on any atom is 0.322 e. The van der Waals surface area contributed by atoms with Crippen molar-refractivity contribution in [3.05, 3.63) is 53.6 Å². The third-order valence-electron chi connectivity index (χ3n) is 4.87. The summed E-state index contributed by atoms with van der Waals surface area (Å²) in [6, 6.07) is 12.3. The molecule has 1 heterocycles. The van der Waals surface area contributed by atoms with Gasteiger partial charge in [0.25, 0.3) is 0 Å². The van der Waals surface area contributed by atoms with Gasteiger partial charge in [0.1, 0.15) is 11.8 Å². The normalized spacial score (nSPS) is 16.1. The number of ether oxygens (including phenoxy) is 1. The van der Waals surface area contributed by atoms with E-state index in [1.54, 1.807) is 24.1 Å². The van der Waals surface area contributed by atoms with Crippen LogP contribution in [0.5, 0.6) is 5.75 Å². The van der Waals surface area contributed by atoms with Crippen LogP contribution >= 0.6 is 0 Å². The van der Waals surface area contributed by atoms with Gasteiger partial charge in [-0.2, -0.15) is 0 Å². The van der Waals surface area contributed by atoms with Crippen molar-refractivity contribution >= 4 is 23.3 Å². The molecule has 1 atom stereocenters. The molecule has 2 aromatic carbocycles. The monoisotopic (exact) mass is 367 g/mol. The Labute approximate surface area is 159 Å². The zero-order valence-corrected chi connectivity index (χ0v) is 15.9. The van der Waals surface area contributed by atoms with E-state index in [0.29, 0.717) is 24.4 Å². The molecule has 6 heteroatoms.